The zero-order valence-electron chi connectivity index (χ0n) is 4.82. The van der Waals surface area contributed by atoms with Crippen molar-refractivity contribution in [2.45, 2.75) is 17.0 Å². The van der Waals surface area contributed by atoms with Crippen molar-refractivity contribution in [3.8, 4) is 0 Å². The van der Waals surface area contributed by atoms with Crippen LogP contribution in [-0.2, 0) is 4.74 Å². The van der Waals surface area contributed by atoms with Gasteiger partial charge in [0.05, 0.1) is 4.58 Å². The van der Waals surface area contributed by atoms with E-state index in [0.29, 0.717) is 4.58 Å². The second kappa shape index (κ2) is 2.34. The van der Waals surface area contributed by atoms with Crippen LogP contribution in [-0.4, -0.2) is 33.6 Å². The Labute approximate surface area is 62.3 Å². The summed E-state index contributed by atoms with van der Waals surface area (Å²) >= 11 is 3.79. The normalized spacial score (nSPS) is 43.7. The lowest BCUT2D eigenvalue weighted by Gasteiger charge is -1.99. The van der Waals surface area contributed by atoms with E-state index in [1.165, 1.54) is 11.5 Å². The molecule has 0 saturated carbocycles. The van der Waals surface area contributed by atoms with E-state index in [1.54, 1.807) is 0 Å². The smallest absolute Gasteiger partial charge is 0.183 e. The maximum Gasteiger partial charge on any atom is 0.183 e. The van der Waals surface area contributed by atoms with Crippen LogP contribution in [0.1, 0.15) is 0 Å². The summed E-state index contributed by atoms with van der Waals surface area (Å²) in [6.45, 7) is 0. The van der Waals surface area contributed by atoms with Crippen molar-refractivity contribution >= 4 is 23.5 Å². The molecule has 4 heteroatoms. The highest BCUT2D eigenvalue weighted by Gasteiger charge is 2.45. The summed E-state index contributed by atoms with van der Waals surface area (Å²) in [6, 6.07) is 0. The lowest BCUT2D eigenvalue weighted by molar-refractivity contribution is 0.156. The number of hydrogen-bond acceptors (Lipinski definition) is 4. The van der Waals surface area contributed by atoms with E-state index in [0.717, 1.165) is 0 Å². The van der Waals surface area contributed by atoms with E-state index in [2.05, 4.69) is 0 Å². The number of hydrogen-bond donors (Lipinski definition) is 1. The maximum atomic E-state index is 8.84. The lowest BCUT2D eigenvalue weighted by Crippen LogP contribution is -2.04. The molecule has 0 amide bonds. The van der Waals surface area contributed by atoms with Gasteiger partial charge in [-0.2, -0.15) is 0 Å². The molecule has 2 fully saturated rings. The minimum absolute atomic E-state index is 0.141. The molecule has 2 rings (SSSR count). The molecule has 2 nitrogen and oxygen atoms in total. The molecule has 2 saturated heterocycles. The third kappa shape index (κ3) is 1.22. The molecule has 2 aliphatic heterocycles. The summed E-state index contributed by atoms with van der Waals surface area (Å²) in [7, 11) is 0. The van der Waals surface area contributed by atoms with Gasteiger partial charge in [0.25, 0.3) is 0 Å². The largest absolute Gasteiger partial charge is 0.366 e. The average Bonchev–Trinajstić information content (AvgIpc) is 2.44. The Morgan fingerprint density at radius 3 is 2.33 bits per heavy atom. The Morgan fingerprint density at radius 1 is 1.33 bits per heavy atom. The number of ether oxygens (including phenoxy) is 1. The predicted molar refractivity (Wildman–Crippen MR) is 39.6 cm³/mol. The topological polar surface area (TPSA) is 32.8 Å². The molecule has 2 atom stereocenters. The molecule has 2 heterocycles. The van der Waals surface area contributed by atoms with Crippen LogP contribution in [0, 0.1) is 0 Å². The minimum Gasteiger partial charge on any atom is -0.366 e. The van der Waals surface area contributed by atoms with Gasteiger partial charge in [-0.15, -0.1) is 23.5 Å². The summed E-state index contributed by atoms with van der Waals surface area (Å²) in [5.74, 6) is 2.42. The van der Waals surface area contributed by atoms with Crippen LogP contribution < -0.4 is 0 Å². The minimum atomic E-state index is -0.451. The lowest BCUT2D eigenvalue weighted by atomic mass is 10.5. The van der Waals surface area contributed by atoms with E-state index in [4.69, 9.17) is 9.84 Å². The zero-order chi connectivity index (χ0) is 6.27. The number of thioether (sulfide) groups is 2. The van der Waals surface area contributed by atoms with Gasteiger partial charge in [-0.3, -0.25) is 0 Å². The van der Waals surface area contributed by atoms with Gasteiger partial charge in [-0.1, -0.05) is 0 Å². The first-order chi connectivity index (χ1) is 4.38. The monoisotopic (exact) mass is 164 g/mol. The molecule has 9 heavy (non-hydrogen) atoms. The van der Waals surface area contributed by atoms with Gasteiger partial charge in [-0.25, -0.2) is 0 Å². The Hall–Kier alpha value is 0.620. The quantitative estimate of drug-likeness (QED) is 0.572. The molecule has 0 aromatic rings. The third-order valence-electron chi connectivity index (χ3n) is 1.42. The summed E-state index contributed by atoms with van der Waals surface area (Å²) in [5.41, 5.74) is 0. The summed E-state index contributed by atoms with van der Waals surface area (Å²) in [4.78, 5) is 0. The van der Waals surface area contributed by atoms with Crippen LogP contribution >= 0.6 is 23.5 Å². The number of aliphatic hydroxyl groups is 1. The molecule has 2 aliphatic rings. The fraction of sp³-hybridized carbons (Fsp3) is 1.00. The van der Waals surface area contributed by atoms with Gasteiger partial charge in [0.2, 0.25) is 0 Å². The summed E-state index contributed by atoms with van der Waals surface area (Å²) in [6.07, 6.45) is -0.310. The van der Waals surface area contributed by atoms with Crippen molar-refractivity contribution < 1.29 is 9.84 Å². The van der Waals surface area contributed by atoms with Crippen molar-refractivity contribution in [2.75, 3.05) is 11.5 Å². The Balaban J connectivity index is 1.85. The maximum absolute atomic E-state index is 8.84. The van der Waals surface area contributed by atoms with Gasteiger partial charge < -0.3 is 9.84 Å². The second-order valence-corrected chi connectivity index (χ2v) is 4.90. The zero-order valence-corrected chi connectivity index (χ0v) is 6.45. The molecular weight excluding hydrogens is 156 g/mol. The second-order valence-electron chi connectivity index (χ2n) is 2.10. The highest BCUT2D eigenvalue weighted by atomic mass is 32.2. The van der Waals surface area contributed by atoms with Gasteiger partial charge >= 0.3 is 0 Å². The van der Waals surface area contributed by atoms with E-state index < -0.39 is 6.29 Å². The first-order valence-electron chi connectivity index (χ1n) is 2.95. The van der Waals surface area contributed by atoms with Crippen LogP contribution in [0.2, 0.25) is 0 Å². The number of epoxide rings is 1. The molecule has 0 radical (unpaired) electrons. The summed E-state index contributed by atoms with van der Waals surface area (Å²) in [5, 5.41) is 8.84. The molecule has 1 unspecified atom stereocenters. The Bertz CT molecular complexity index is 114. The third-order valence-corrected chi connectivity index (χ3v) is 4.56. The summed E-state index contributed by atoms with van der Waals surface area (Å²) < 4.78 is 5.43. The fourth-order valence-corrected chi connectivity index (χ4v) is 3.85. The van der Waals surface area contributed by atoms with Crippen molar-refractivity contribution in [1.82, 2.24) is 0 Å². The number of rotatable bonds is 1. The van der Waals surface area contributed by atoms with Crippen LogP contribution in [0.15, 0.2) is 0 Å². The molecule has 0 aromatic carbocycles. The highest BCUT2D eigenvalue weighted by Crippen LogP contribution is 2.42. The standard InChI is InChI=1S/C5H8O2S2/c6-4-3(7-4)5-8-1-2-9-5/h3-6H,1-2H2/t3-,4?/m1/s1. The Morgan fingerprint density at radius 2 is 1.89 bits per heavy atom. The van der Waals surface area contributed by atoms with Gasteiger partial charge in [0.15, 0.2) is 6.29 Å². The van der Waals surface area contributed by atoms with E-state index in [9.17, 15) is 0 Å². The van der Waals surface area contributed by atoms with E-state index >= 15 is 0 Å². The molecule has 0 bridgehead atoms. The van der Waals surface area contributed by atoms with Gasteiger partial charge in [0.1, 0.15) is 6.10 Å². The molecular formula is C5H8O2S2. The van der Waals surface area contributed by atoms with Crippen LogP contribution in [0.3, 0.4) is 0 Å². The highest BCUT2D eigenvalue weighted by molar-refractivity contribution is 8.20. The molecule has 52 valence electrons. The molecule has 1 N–H and O–H groups in total. The van der Waals surface area contributed by atoms with Gasteiger partial charge in [0, 0.05) is 11.5 Å². The van der Waals surface area contributed by atoms with Crippen LogP contribution in [0.5, 0.6) is 0 Å². The first-order valence-corrected chi connectivity index (χ1v) is 5.04. The fourth-order valence-electron chi connectivity index (χ4n) is 0.881. The molecule has 0 spiro atoms. The van der Waals surface area contributed by atoms with E-state index in [1.807, 2.05) is 23.5 Å². The average molecular weight is 164 g/mol. The predicted octanol–water partition coefficient (Wildman–Crippen LogP) is 0.510. The van der Waals surface area contributed by atoms with Crippen molar-refractivity contribution in [3.63, 3.8) is 0 Å². The Kier molecular flexibility index (Phi) is 1.65. The first kappa shape index (κ1) is 6.34. The van der Waals surface area contributed by atoms with Crippen LogP contribution in [0.4, 0.5) is 0 Å². The van der Waals surface area contributed by atoms with Crippen molar-refractivity contribution in [2.24, 2.45) is 0 Å². The van der Waals surface area contributed by atoms with Crippen molar-refractivity contribution in [3.05, 3.63) is 0 Å². The van der Waals surface area contributed by atoms with E-state index in [-0.39, 0.29) is 6.10 Å². The van der Waals surface area contributed by atoms with Gasteiger partial charge in [-0.05, 0) is 0 Å². The molecule has 0 aromatic heterocycles. The number of aliphatic hydroxyl groups excluding tert-OH is 1. The van der Waals surface area contributed by atoms with Crippen molar-refractivity contribution in [1.29, 1.82) is 0 Å². The molecule has 0 aliphatic carbocycles. The SMILES string of the molecule is OC1O[C@H]1C1SCCS1. The van der Waals surface area contributed by atoms with Crippen LogP contribution in [0.25, 0.3) is 0 Å².